The number of anilines is 3. The molecule has 25 heavy (non-hydrogen) atoms. The van der Waals surface area contributed by atoms with Gasteiger partial charge < -0.3 is 16.0 Å². The van der Waals surface area contributed by atoms with E-state index in [4.69, 9.17) is 0 Å². The first-order chi connectivity index (χ1) is 11.7. The van der Waals surface area contributed by atoms with E-state index in [1.54, 1.807) is 12.1 Å². The average Bonchev–Trinajstić information content (AvgIpc) is 2.52. The quantitative estimate of drug-likeness (QED) is 0.771. The van der Waals surface area contributed by atoms with Crippen LogP contribution in [0, 0.1) is 0 Å². The molecule has 3 N–H and O–H groups in total. The number of rotatable bonds is 5. The zero-order chi connectivity index (χ0) is 18.4. The van der Waals surface area contributed by atoms with Crippen molar-refractivity contribution in [3.05, 3.63) is 54.1 Å². The second-order valence-corrected chi connectivity index (χ2v) is 6.99. The lowest BCUT2D eigenvalue weighted by molar-refractivity contribution is -0.115. The zero-order valence-corrected chi connectivity index (χ0v) is 15.1. The molecule has 0 spiro atoms. The van der Waals surface area contributed by atoms with E-state index in [1.165, 1.54) is 12.5 Å². The van der Waals surface area contributed by atoms with Crippen molar-refractivity contribution in [2.45, 2.75) is 33.1 Å². The number of hydrogen-bond donors (Lipinski definition) is 3. The van der Waals surface area contributed by atoms with Gasteiger partial charge in [0.25, 0.3) is 0 Å². The number of benzene rings is 2. The van der Waals surface area contributed by atoms with E-state index < -0.39 is 0 Å². The van der Waals surface area contributed by atoms with Crippen LogP contribution in [-0.4, -0.2) is 18.4 Å². The Bertz CT molecular complexity index is 746. The van der Waals surface area contributed by atoms with Crippen molar-refractivity contribution in [3.8, 4) is 0 Å². The molecule has 0 saturated carbocycles. The largest absolute Gasteiger partial charge is 0.376 e. The highest BCUT2D eigenvalue weighted by molar-refractivity contribution is 5.94. The molecule has 0 unspecified atom stereocenters. The fourth-order valence-corrected chi connectivity index (χ4v) is 2.35. The summed E-state index contributed by atoms with van der Waals surface area (Å²) < 4.78 is 0. The van der Waals surface area contributed by atoms with Crippen LogP contribution >= 0.6 is 0 Å². The summed E-state index contributed by atoms with van der Waals surface area (Å²) in [7, 11) is 0. The molecule has 0 bridgehead atoms. The molecule has 0 fully saturated rings. The summed E-state index contributed by atoms with van der Waals surface area (Å²) in [5.74, 6) is -0.262. The summed E-state index contributed by atoms with van der Waals surface area (Å²) in [5, 5.41) is 8.63. The van der Waals surface area contributed by atoms with Gasteiger partial charge in [0.2, 0.25) is 11.8 Å². The molecule has 0 heterocycles. The highest BCUT2D eigenvalue weighted by Crippen LogP contribution is 2.23. The van der Waals surface area contributed by atoms with Crippen LogP contribution in [0.5, 0.6) is 0 Å². The van der Waals surface area contributed by atoms with Crippen molar-refractivity contribution in [2.24, 2.45) is 0 Å². The van der Waals surface area contributed by atoms with E-state index in [9.17, 15) is 9.59 Å². The number of amides is 2. The average molecular weight is 339 g/mol. The molecule has 0 aromatic heterocycles. The lowest BCUT2D eigenvalue weighted by Gasteiger charge is -2.19. The molecule has 0 radical (unpaired) electrons. The lowest BCUT2D eigenvalue weighted by Crippen LogP contribution is -2.22. The molecule has 0 aliphatic heterocycles. The molecule has 0 saturated heterocycles. The Morgan fingerprint density at radius 3 is 2.12 bits per heavy atom. The SMILES string of the molecule is CC(=O)Nc1cccc(NCC(=O)Nc2ccc(C(C)(C)C)cc2)c1. The Labute approximate surface area is 148 Å². The maximum atomic E-state index is 12.1. The second kappa shape index (κ2) is 7.83. The van der Waals surface area contributed by atoms with Gasteiger partial charge in [-0.15, -0.1) is 0 Å². The van der Waals surface area contributed by atoms with E-state index in [0.717, 1.165) is 11.4 Å². The van der Waals surface area contributed by atoms with Crippen LogP contribution in [0.25, 0.3) is 0 Å². The van der Waals surface area contributed by atoms with Crippen LogP contribution in [-0.2, 0) is 15.0 Å². The summed E-state index contributed by atoms with van der Waals surface area (Å²) in [6, 6.07) is 15.1. The summed E-state index contributed by atoms with van der Waals surface area (Å²) >= 11 is 0. The molecule has 2 aromatic rings. The summed E-state index contributed by atoms with van der Waals surface area (Å²) in [6.45, 7) is 8.06. The Kier molecular flexibility index (Phi) is 5.80. The first kappa shape index (κ1) is 18.5. The fraction of sp³-hybridized carbons (Fsp3) is 0.300. The van der Waals surface area contributed by atoms with Crippen molar-refractivity contribution < 1.29 is 9.59 Å². The van der Waals surface area contributed by atoms with Crippen molar-refractivity contribution in [1.29, 1.82) is 0 Å². The normalized spacial score (nSPS) is 10.9. The molecular formula is C20H25N3O2. The van der Waals surface area contributed by atoms with Crippen LogP contribution in [0.4, 0.5) is 17.1 Å². The second-order valence-electron chi connectivity index (χ2n) is 6.99. The molecule has 2 amide bonds. The topological polar surface area (TPSA) is 70.2 Å². The minimum Gasteiger partial charge on any atom is -0.376 e. The maximum absolute atomic E-state index is 12.1. The van der Waals surface area contributed by atoms with Crippen LogP contribution < -0.4 is 16.0 Å². The number of nitrogens with one attached hydrogen (secondary N) is 3. The van der Waals surface area contributed by atoms with E-state index in [2.05, 4.69) is 36.7 Å². The van der Waals surface area contributed by atoms with Gasteiger partial charge in [0.05, 0.1) is 6.54 Å². The zero-order valence-electron chi connectivity index (χ0n) is 15.1. The Hall–Kier alpha value is -2.82. The number of carbonyl (C=O) groups excluding carboxylic acids is 2. The molecule has 132 valence electrons. The minimum atomic E-state index is -0.131. The van der Waals surface area contributed by atoms with Gasteiger partial charge in [-0.05, 0) is 41.3 Å². The molecule has 0 aliphatic rings. The van der Waals surface area contributed by atoms with Gasteiger partial charge in [-0.2, -0.15) is 0 Å². The van der Waals surface area contributed by atoms with Crippen molar-refractivity contribution in [1.82, 2.24) is 0 Å². The van der Waals surface area contributed by atoms with E-state index in [-0.39, 0.29) is 23.8 Å². The predicted molar refractivity (Wildman–Crippen MR) is 103 cm³/mol. The van der Waals surface area contributed by atoms with E-state index >= 15 is 0 Å². The highest BCUT2D eigenvalue weighted by atomic mass is 16.2. The van der Waals surface area contributed by atoms with Crippen LogP contribution in [0.15, 0.2) is 48.5 Å². The van der Waals surface area contributed by atoms with E-state index in [0.29, 0.717) is 5.69 Å². The smallest absolute Gasteiger partial charge is 0.243 e. The molecule has 2 aromatic carbocycles. The third-order valence-electron chi connectivity index (χ3n) is 3.67. The van der Waals surface area contributed by atoms with Gasteiger partial charge in [-0.3, -0.25) is 9.59 Å². The third kappa shape index (κ3) is 5.95. The van der Waals surface area contributed by atoms with Crippen molar-refractivity contribution in [3.63, 3.8) is 0 Å². The Morgan fingerprint density at radius 1 is 0.880 bits per heavy atom. The van der Waals surface area contributed by atoms with Crippen LogP contribution in [0.3, 0.4) is 0 Å². The van der Waals surface area contributed by atoms with Crippen molar-refractivity contribution in [2.75, 3.05) is 22.5 Å². The molecule has 5 nitrogen and oxygen atoms in total. The molecule has 0 aliphatic carbocycles. The third-order valence-corrected chi connectivity index (χ3v) is 3.67. The number of hydrogen-bond acceptors (Lipinski definition) is 3. The Balaban J connectivity index is 1.89. The summed E-state index contributed by atoms with van der Waals surface area (Å²) in [4.78, 5) is 23.2. The standard InChI is InChI=1S/C20H25N3O2/c1-14(24)22-18-7-5-6-17(12-18)21-13-19(25)23-16-10-8-15(9-11-16)20(2,3)4/h5-12,21H,13H2,1-4H3,(H,22,24)(H,23,25). The first-order valence-corrected chi connectivity index (χ1v) is 8.26. The van der Waals surface area contributed by atoms with E-state index in [1.807, 2.05) is 36.4 Å². The Morgan fingerprint density at radius 2 is 1.52 bits per heavy atom. The van der Waals surface area contributed by atoms with Gasteiger partial charge in [-0.1, -0.05) is 39.0 Å². The predicted octanol–water partition coefficient (Wildman–Crippen LogP) is 3.99. The molecule has 2 rings (SSSR count). The summed E-state index contributed by atoms with van der Waals surface area (Å²) in [5.41, 5.74) is 3.54. The molecule has 5 heteroatoms. The van der Waals surface area contributed by atoms with Crippen molar-refractivity contribution >= 4 is 28.9 Å². The van der Waals surface area contributed by atoms with Gasteiger partial charge >= 0.3 is 0 Å². The van der Waals surface area contributed by atoms with Crippen LogP contribution in [0.1, 0.15) is 33.3 Å². The fourth-order valence-electron chi connectivity index (χ4n) is 2.35. The summed E-state index contributed by atoms with van der Waals surface area (Å²) in [6.07, 6.45) is 0. The lowest BCUT2D eigenvalue weighted by atomic mass is 9.87. The molecular weight excluding hydrogens is 314 g/mol. The van der Waals surface area contributed by atoms with Gasteiger partial charge in [0.1, 0.15) is 0 Å². The molecule has 0 atom stereocenters. The van der Waals surface area contributed by atoms with Gasteiger partial charge in [-0.25, -0.2) is 0 Å². The van der Waals surface area contributed by atoms with Gasteiger partial charge in [0.15, 0.2) is 0 Å². The number of carbonyl (C=O) groups is 2. The monoisotopic (exact) mass is 339 g/mol. The van der Waals surface area contributed by atoms with Gasteiger partial charge in [0, 0.05) is 24.0 Å². The maximum Gasteiger partial charge on any atom is 0.243 e. The first-order valence-electron chi connectivity index (χ1n) is 8.26. The highest BCUT2D eigenvalue weighted by Gasteiger charge is 2.13. The van der Waals surface area contributed by atoms with Crippen LogP contribution in [0.2, 0.25) is 0 Å². The minimum absolute atomic E-state index is 0.0863.